The number of carbonyl (C=O) groups excluding carboxylic acids is 3. The van der Waals surface area contributed by atoms with Gasteiger partial charge in [-0.15, -0.1) is 0 Å². The molecule has 1 aliphatic rings. The smallest absolute Gasteiger partial charge is 0.357 e. The Morgan fingerprint density at radius 1 is 1.32 bits per heavy atom. The monoisotopic (exact) mass is 358 g/mol. The van der Waals surface area contributed by atoms with E-state index >= 15 is 0 Å². The van der Waals surface area contributed by atoms with Crippen molar-refractivity contribution in [3.8, 4) is 5.75 Å². The van der Waals surface area contributed by atoms with E-state index in [0.717, 1.165) is 16.7 Å². The number of nitrogens with one attached hydrogen (secondary N) is 1. The molecule has 1 aromatic heterocycles. The molecule has 0 amide bonds. The lowest BCUT2D eigenvalue weighted by Crippen LogP contribution is -2.18. The molecule has 0 saturated heterocycles. The van der Waals surface area contributed by atoms with Crippen LogP contribution in [0.5, 0.6) is 5.75 Å². The van der Waals surface area contributed by atoms with Crippen LogP contribution in [0.4, 0.5) is 0 Å². The summed E-state index contributed by atoms with van der Waals surface area (Å²) < 4.78 is 10.1. The largest absolute Gasteiger partial charge is 0.497 e. The van der Waals surface area contributed by atoms with E-state index in [1.807, 2.05) is 0 Å². The van der Waals surface area contributed by atoms with E-state index in [0.29, 0.717) is 5.75 Å². The van der Waals surface area contributed by atoms with Gasteiger partial charge in [-0.25, -0.2) is 4.79 Å². The molecule has 0 spiro atoms. The summed E-state index contributed by atoms with van der Waals surface area (Å²) in [4.78, 5) is 37.9. The highest BCUT2D eigenvalue weighted by atomic mass is 32.2. The van der Waals surface area contributed by atoms with Gasteiger partial charge < -0.3 is 9.47 Å². The minimum atomic E-state index is -0.718. The topological polar surface area (TPSA) is 98.4 Å². The van der Waals surface area contributed by atoms with Crippen LogP contribution in [0, 0.1) is 0 Å². The van der Waals surface area contributed by atoms with Crippen molar-refractivity contribution < 1.29 is 23.9 Å². The van der Waals surface area contributed by atoms with Crippen LogP contribution in [0.1, 0.15) is 38.3 Å². The lowest BCUT2D eigenvalue weighted by atomic mass is 9.99. The summed E-state index contributed by atoms with van der Waals surface area (Å²) in [6, 6.07) is 7.10. The van der Waals surface area contributed by atoms with Crippen molar-refractivity contribution in [1.82, 2.24) is 10.2 Å². The Bertz CT molecular complexity index is 900. The summed E-state index contributed by atoms with van der Waals surface area (Å²) in [6.45, 7) is 1.80. The van der Waals surface area contributed by atoms with Gasteiger partial charge in [0.2, 0.25) is 11.6 Å². The van der Waals surface area contributed by atoms with E-state index in [1.165, 1.54) is 6.08 Å². The fourth-order valence-electron chi connectivity index (χ4n) is 2.34. The number of esters is 1. The number of methoxy groups -OCH3 is 1. The van der Waals surface area contributed by atoms with E-state index in [9.17, 15) is 14.4 Å². The summed E-state index contributed by atoms with van der Waals surface area (Å²) >= 11 is 1.12. The van der Waals surface area contributed by atoms with Crippen molar-refractivity contribution in [3.63, 3.8) is 0 Å². The first-order valence-electron chi connectivity index (χ1n) is 7.43. The van der Waals surface area contributed by atoms with Gasteiger partial charge in [0, 0.05) is 11.0 Å². The number of thioether (sulfide) groups is 1. The SMILES string of the molecule is CCOC(=O)c1[nH]nc2c1C(=O)C(Sc1cccc(OC)c1)=CC2=O. The molecule has 1 aliphatic carbocycles. The van der Waals surface area contributed by atoms with Crippen LogP contribution < -0.4 is 4.74 Å². The average Bonchev–Trinajstić information content (AvgIpc) is 3.06. The minimum Gasteiger partial charge on any atom is -0.497 e. The van der Waals surface area contributed by atoms with E-state index in [2.05, 4.69) is 10.2 Å². The van der Waals surface area contributed by atoms with Crippen LogP contribution in [0.15, 0.2) is 40.1 Å². The maximum absolute atomic E-state index is 12.8. The molecule has 25 heavy (non-hydrogen) atoms. The lowest BCUT2D eigenvalue weighted by Gasteiger charge is -2.12. The van der Waals surface area contributed by atoms with Crippen LogP contribution in [-0.2, 0) is 4.74 Å². The second-order valence-corrected chi connectivity index (χ2v) is 6.14. The fourth-order valence-corrected chi connectivity index (χ4v) is 3.27. The molecule has 0 radical (unpaired) electrons. The summed E-state index contributed by atoms with van der Waals surface area (Å²) in [6.07, 6.45) is 1.23. The highest BCUT2D eigenvalue weighted by Gasteiger charge is 2.34. The molecule has 3 rings (SSSR count). The lowest BCUT2D eigenvalue weighted by molar-refractivity contribution is 0.0516. The third-order valence-corrected chi connectivity index (χ3v) is 4.47. The molecule has 0 saturated carbocycles. The number of allylic oxidation sites excluding steroid dienone is 2. The molecule has 0 aliphatic heterocycles. The van der Waals surface area contributed by atoms with Crippen LogP contribution in [-0.4, -0.2) is 41.4 Å². The number of ketones is 2. The summed E-state index contributed by atoms with van der Waals surface area (Å²) in [7, 11) is 1.54. The van der Waals surface area contributed by atoms with Gasteiger partial charge in [-0.3, -0.25) is 14.7 Å². The van der Waals surface area contributed by atoms with Crippen LogP contribution in [0.3, 0.4) is 0 Å². The zero-order valence-corrected chi connectivity index (χ0v) is 14.3. The molecular weight excluding hydrogens is 344 g/mol. The molecular formula is C17H14N2O5S. The number of Topliss-reactive ketones (excluding diaryl/α,β-unsaturated/α-hetero) is 1. The van der Waals surface area contributed by atoms with Gasteiger partial charge >= 0.3 is 5.97 Å². The summed E-state index contributed by atoms with van der Waals surface area (Å²) in [5.74, 6) is -0.965. The van der Waals surface area contributed by atoms with Gasteiger partial charge in [-0.1, -0.05) is 17.8 Å². The number of nitrogens with zero attached hydrogens (tertiary/aromatic N) is 1. The predicted octanol–water partition coefficient (Wildman–Crippen LogP) is 2.65. The maximum atomic E-state index is 12.8. The quantitative estimate of drug-likeness (QED) is 0.820. The first kappa shape index (κ1) is 17.0. The maximum Gasteiger partial charge on any atom is 0.357 e. The van der Waals surface area contributed by atoms with Crippen molar-refractivity contribution in [1.29, 1.82) is 0 Å². The Labute approximate surface area is 147 Å². The standard InChI is InChI=1S/C17H14N2O5S/c1-3-24-17(22)15-13-14(18-19-15)11(20)8-12(16(13)21)25-10-6-4-5-9(7-10)23-2/h4-8H,3H2,1-2H3,(H,18,19). The van der Waals surface area contributed by atoms with Crippen molar-refractivity contribution in [2.75, 3.05) is 13.7 Å². The van der Waals surface area contributed by atoms with Crippen molar-refractivity contribution in [2.24, 2.45) is 0 Å². The van der Waals surface area contributed by atoms with Crippen molar-refractivity contribution in [3.05, 3.63) is 52.2 Å². The highest BCUT2D eigenvalue weighted by Crippen LogP contribution is 2.35. The Balaban J connectivity index is 1.94. The molecule has 0 fully saturated rings. The van der Waals surface area contributed by atoms with Gasteiger partial charge in [0.15, 0.2) is 5.69 Å². The Hall–Kier alpha value is -2.87. The van der Waals surface area contributed by atoms with Gasteiger partial charge in [0.05, 0.1) is 24.2 Å². The van der Waals surface area contributed by atoms with Crippen LogP contribution in [0.25, 0.3) is 0 Å². The third-order valence-electron chi connectivity index (χ3n) is 3.46. The number of rotatable bonds is 5. The second kappa shape index (κ2) is 6.94. The van der Waals surface area contributed by atoms with Gasteiger partial charge in [-0.05, 0) is 25.1 Å². The molecule has 0 unspecified atom stereocenters. The van der Waals surface area contributed by atoms with Gasteiger partial charge in [0.1, 0.15) is 11.4 Å². The Morgan fingerprint density at radius 3 is 2.84 bits per heavy atom. The molecule has 1 N–H and O–H groups in total. The number of carbonyl (C=O) groups is 3. The van der Waals surface area contributed by atoms with E-state index in [1.54, 1.807) is 38.3 Å². The number of aromatic amines is 1. The first-order valence-corrected chi connectivity index (χ1v) is 8.25. The molecule has 1 aromatic carbocycles. The fraction of sp³-hybridized carbons (Fsp3) is 0.176. The van der Waals surface area contributed by atoms with Crippen molar-refractivity contribution >= 4 is 29.3 Å². The van der Waals surface area contributed by atoms with Crippen LogP contribution in [0.2, 0.25) is 0 Å². The Kier molecular flexibility index (Phi) is 4.71. The van der Waals surface area contributed by atoms with E-state index in [4.69, 9.17) is 9.47 Å². The predicted molar refractivity (Wildman–Crippen MR) is 90.1 cm³/mol. The van der Waals surface area contributed by atoms with E-state index in [-0.39, 0.29) is 28.5 Å². The number of H-pyrrole nitrogens is 1. The number of fused-ring (bicyclic) bond motifs is 1. The molecule has 1 heterocycles. The summed E-state index contributed by atoms with van der Waals surface area (Å²) in [5.41, 5.74) is -0.216. The van der Waals surface area contributed by atoms with Crippen molar-refractivity contribution in [2.45, 2.75) is 11.8 Å². The van der Waals surface area contributed by atoms with E-state index < -0.39 is 17.5 Å². The zero-order chi connectivity index (χ0) is 18.0. The normalized spacial score (nSPS) is 13.3. The Morgan fingerprint density at radius 2 is 2.12 bits per heavy atom. The number of benzene rings is 1. The first-order chi connectivity index (χ1) is 12.0. The number of ether oxygens (including phenoxy) is 2. The second-order valence-electron chi connectivity index (χ2n) is 5.03. The van der Waals surface area contributed by atoms with Gasteiger partial charge in [-0.2, -0.15) is 5.10 Å². The number of hydrogen-bond acceptors (Lipinski definition) is 7. The number of hydrogen-bond donors (Lipinski definition) is 1. The minimum absolute atomic E-state index is 0.0450. The van der Waals surface area contributed by atoms with Crippen LogP contribution >= 0.6 is 11.8 Å². The average molecular weight is 358 g/mol. The zero-order valence-electron chi connectivity index (χ0n) is 13.5. The third kappa shape index (κ3) is 3.20. The summed E-state index contributed by atoms with van der Waals surface area (Å²) in [5, 5.41) is 6.23. The molecule has 0 bridgehead atoms. The molecule has 2 aromatic rings. The molecule has 0 atom stereocenters. The number of aromatic nitrogens is 2. The molecule has 8 heteroatoms. The van der Waals surface area contributed by atoms with Gasteiger partial charge in [0.25, 0.3) is 0 Å². The highest BCUT2D eigenvalue weighted by molar-refractivity contribution is 8.04. The molecule has 7 nitrogen and oxygen atoms in total. The molecule has 128 valence electrons.